The number of ether oxygens (including phenoxy) is 2. The third kappa shape index (κ3) is 5.90. The van der Waals surface area contributed by atoms with Crippen LogP contribution in [0.15, 0.2) is 41.2 Å². The number of carbonyl (C=O) groups excluding carboxylic acids is 3. The molecule has 0 unspecified atom stereocenters. The zero-order chi connectivity index (χ0) is 29.2. The minimum Gasteiger partial charge on any atom is -0.493 e. The maximum atomic E-state index is 13.8. The van der Waals surface area contributed by atoms with Gasteiger partial charge in [-0.2, -0.15) is 0 Å². The molecule has 10 nitrogen and oxygen atoms in total. The molecular formula is C30H38N4O6. The van der Waals surface area contributed by atoms with Gasteiger partial charge in [0, 0.05) is 37.4 Å². The van der Waals surface area contributed by atoms with Crippen molar-refractivity contribution in [2.75, 3.05) is 20.2 Å². The van der Waals surface area contributed by atoms with E-state index in [-0.39, 0.29) is 52.8 Å². The molecule has 4 rings (SSSR count). The van der Waals surface area contributed by atoms with Crippen LogP contribution in [0.3, 0.4) is 0 Å². The van der Waals surface area contributed by atoms with Crippen LogP contribution < -0.4 is 15.6 Å². The highest BCUT2D eigenvalue weighted by Crippen LogP contribution is 2.31. The van der Waals surface area contributed by atoms with Gasteiger partial charge in [0.05, 0.1) is 19.2 Å². The number of piperidine rings is 1. The van der Waals surface area contributed by atoms with Crippen LogP contribution in [-0.4, -0.2) is 63.7 Å². The molecule has 10 heteroatoms. The molecule has 2 amide bonds. The van der Waals surface area contributed by atoms with Gasteiger partial charge in [-0.3, -0.25) is 14.4 Å². The number of hydrogen-bond acceptors (Lipinski definition) is 6. The van der Waals surface area contributed by atoms with E-state index >= 15 is 0 Å². The van der Waals surface area contributed by atoms with Gasteiger partial charge < -0.3 is 28.8 Å². The molecule has 3 aromatic rings. The van der Waals surface area contributed by atoms with Crippen LogP contribution in [-0.2, 0) is 24.8 Å². The molecule has 40 heavy (non-hydrogen) atoms. The van der Waals surface area contributed by atoms with Gasteiger partial charge in [0.15, 0.2) is 17.2 Å². The molecule has 0 saturated carbocycles. The van der Waals surface area contributed by atoms with Crippen LogP contribution in [0.25, 0.3) is 10.9 Å². The number of methoxy groups -OCH3 is 1. The van der Waals surface area contributed by atoms with Crippen molar-refractivity contribution in [3.8, 4) is 5.75 Å². The number of carbonyl (C=O) groups is 3. The Morgan fingerprint density at radius 1 is 1.07 bits per heavy atom. The average Bonchev–Trinajstić information content (AvgIpc) is 3.21. The summed E-state index contributed by atoms with van der Waals surface area (Å²) in [5.41, 5.74) is 1.06. The Kier molecular flexibility index (Phi) is 8.37. The van der Waals surface area contributed by atoms with E-state index in [1.165, 1.54) is 11.7 Å². The minimum absolute atomic E-state index is 0.113. The predicted molar refractivity (Wildman–Crippen MR) is 152 cm³/mol. The second-order valence-electron chi connectivity index (χ2n) is 11.1. The quantitative estimate of drug-likeness (QED) is 0.447. The number of aromatic nitrogens is 2. The summed E-state index contributed by atoms with van der Waals surface area (Å²) in [5, 5.41) is 3.31. The second kappa shape index (κ2) is 11.6. The molecule has 214 valence electrons. The Morgan fingerprint density at radius 2 is 1.73 bits per heavy atom. The summed E-state index contributed by atoms with van der Waals surface area (Å²) >= 11 is 0. The van der Waals surface area contributed by atoms with Gasteiger partial charge in [0.1, 0.15) is 11.0 Å². The van der Waals surface area contributed by atoms with Crippen molar-refractivity contribution < 1.29 is 23.9 Å². The maximum absolute atomic E-state index is 13.8. The van der Waals surface area contributed by atoms with Crippen LogP contribution in [0.5, 0.6) is 5.75 Å². The van der Waals surface area contributed by atoms with Crippen molar-refractivity contribution >= 4 is 28.7 Å². The van der Waals surface area contributed by atoms with Gasteiger partial charge in [-0.25, -0.2) is 4.79 Å². The number of nitrogens with one attached hydrogen (secondary N) is 1. The number of amides is 2. The lowest BCUT2D eigenvalue weighted by Crippen LogP contribution is -2.48. The number of pyridine rings is 1. The van der Waals surface area contributed by atoms with Gasteiger partial charge in [-0.1, -0.05) is 37.3 Å². The monoisotopic (exact) mass is 550 g/mol. The molecule has 0 atom stereocenters. The van der Waals surface area contributed by atoms with Crippen LogP contribution in [0.1, 0.15) is 67.1 Å². The third-order valence-corrected chi connectivity index (χ3v) is 7.16. The van der Waals surface area contributed by atoms with Crippen molar-refractivity contribution in [1.29, 1.82) is 0 Å². The Hall–Kier alpha value is -4.08. The summed E-state index contributed by atoms with van der Waals surface area (Å²) in [7, 11) is 3.15. The fourth-order valence-corrected chi connectivity index (χ4v) is 5.12. The molecule has 1 fully saturated rings. The molecule has 1 N–H and O–H groups in total. The zero-order valence-electron chi connectivity index (χ0n) is 24.1. The van der Waals surface area contributed by atoms with Crippen LogP contribution in [0, 0.1) is 0 Å². The first-order chi connectivity index (χ1) is 18.9. The summed E-state index contributed by atoms with van der Waals surface area (Å²) in [4.78, 5) is 54.3. The first-order valence-electron chi connectivity index (χ1n) is 13.6. The highest BCUT2D eigenvalue weighted by molar-refractivity contribution is 6.04. The summed E-state index contributed by atoms with van der Waals surface area (Å²) < 4.78 is 14.2. The van der Waals surface area contributed by atoms with E-state index in [1.807, 2.05) is 39.8 Å². The lowest BCUT2D eigenvalue weighted by atomic mass is 10.1. The maximum Gasteiger partial charge on any atom is 0.410 e. The average molecular weight is 551 g/mol. The summed E-state index contributed by atoms with van der Waals surface area (Å²) in [6.07, 6.45) is 1.32. The molecule has 1 aliphatic heterocycles. The fraction of sp³-hybridized carbons (Fsp3) is 0.467. The smallest absolute Gasteiger partial charge is 0.410 e. The van der Waals surface area contributed by atoms with Gasteiger partial charge in [0.25, 0.3) is 11.5 Å². The molecule has 0 radical (unpaired) electrons. The van der Waals surface area contributed by atoms with E-state index < -0.39 is 5.60 Å². The molecule has 1 aliphatic rings. The van der Waals surface area contributed by atoms with Crippen LogP contribution >= 0.6 is 0 Å². The van der Waals surface area contributed by atoms with Crippen molar-refractivity contribution in [3.63, 3.8) is 0 Å². The van der Waals surface area contributed by atoms with E-state index in [9.17, 15) is 19.2 Å². The summed E-state index contributed by atoms with van der Waals surface area (Å²) in [6, 6.07) is 10.5. The highest BCUT2D eigenvalue weighted by Gasteiger charge is 2.31. The van der Waals surface area contributed by atoms with E-state index in [4.69, 9.17) is 9.47 Å². The zero-order valence-corrected chi connectivity index (χ0v) is 24.1. The number of likely N-dealkylation sites (tertiary alicyclic amines) is 1. The van der Waals surface area contributed by atoms with E-state index in [0.717, 1.165) is 0 Å². The van der Waals surface area contributed by atoms with Gasteiger partial charge >= 0.3 is 6.09 Å². The molecule has 0 spiro atoms. The van der Waals surface area contributed by atoms with Crippen molar-refractivity contribution in [3.05, 3.63) is 63.7 Å². The summed E-state index contributed by atoms with van der Waals surface area (Å²) in [5.74, 6) is -0.368. The Morgan fingerprint density at radius 3 is 2.30 bits per heavy atom. The SMILES string of the molecule is CCc1cc2c(c(OC)c(C(=O)NC3CCN(C(=O)OC(C)(C)C)CC3)n2C)c(=O)n1CC(=O)c1ccccc1. The highest BCUT2D eigenvalue weighted by atomic mass is 16.6. The van der Waals surface area contributed by atoms with Crippen LogP contribution in [0.4, 0.5) is 4.79 Å². The molecule has 1 aromatic carbocycles. The fourth-order valence-electron chi connectivity index (χ4n) is 5.12. The third-order valence-electron chi connectivity index (χ3n) is 7.16. The number of aryl methyl sites for hydroxylation is 2. The molecule has 0 aliphatic carbocycles. The van der Waals surface area contributed by atoms with Crippen molar-refractivity contribution in [2.45, 2.75) is 65.1 Å². The first kappa shape index (κ1) is 28.9. The largest absolute Gasteiger partial charge is 0.493 e. The molecule has 3 heterocycles. The van der Waals surface area contributed by atoms with Crippen molar-refractivity contribution in [2.24, 2.45) is 7.05 Å². The minimum atomic E-state index is -0.571. The normalized spacial score (nSPS) is 14.3. The number of rotatable bonds is 7. The van der Waals surface area contributed by atoms with Gasteiger partial charge in [0.2, 0.25) is 0 Å². The molecular weight excluding hydrogens is 512 g/mol. The summed E-state index contributed by atoms with van der Waals surface area (Å²) in [6.45, 7) is 8.22. The number of Topliss-reactive ketones (excluding diaryl/α,β-unsaturated/α-hetero) is 1. The lowest BCUT2D eigenvalue weighted by Gasteiger charge is -2.33. The lowest BCUT2D eigenvalue weighted by molar-refractivity contribution is 0.0199. The van der Waals surface area contributed by atoms with Gasteiger partial charge in [-0.05, 0) is 46.1 Å². The standard InChI is InChI=1S/C30H38N4O6/c1-7-21-17-22-24(28(37)34(21)18-23(35)19-11-9-8-10-12-19)26(39-6)25(32(22)5)27(36)31-20-13-15-33(16-14-20)29(38)40-30(2,3)4/h8-12,17,20H,7,13-16,18H2,1-6H3,(H,31,36). The Bertz CT molecular complexity index is 1470. The molecule has 0 bridgehead atoms. The number of hydrogen-bond donors (Lipinski definition) is 1. The number of benzene rings is 1. The number of fused-ring (bicyclic) bond motifs is 1. The Balaban J connectivity index is 1.60. The number of ketones is 1. The molecule has 1 saturated heterocycles. The second-order valence-corrected chi connectivity index (χ2v) is 11.1. The first-order valence-corrected chi connectivity index (χ1v) is 13.6. The van der Waals surface area contributed by atoms with E-state index in [2.05, 4.69) is 5.32 Å². The van der Waals surface area contributed by atoms with Crippen molar-refractivity contribution in [1.82, 2.24) is 19.4 Å². The molecule has 2 aromatic heterocycles. The topological polar surface area (TPSA) is 112 Å². The number of nitrogens with zero attached hydrogens (tertiary/aromatic N) is 3. The van der Waals surface area contributed by atoms with Gasteiger partial charge in [-0.15, -0.1) is 0 Å². The Labute approximate surface area is 233 Å². The van der Waals surface area contributed by atoms with E-state index in [0.29, 0.717) is 49.1 Å². The van der Waals surface area contributed by atoms with E-state index in [1.54, 1.807) is 40.8 Å². The van der Waals surface area contributed by atoms with Crippen LogP contribution in [0.2, 0.25) is 0 Å². The predicted octanol–water partition coefficient (Wildman–Crippen LogP) is 3.92.